The van der Waals surface area contributed by atoms with E-state index >= 15 is 0 Å². The molecule has 0 N–H and O–H groups in total. The molecular weight excluding hydrogens is 290 g/mol. The zero-order valence-electron chi connectivity index (χ0n) is 14.1. The highest BCUT2D eigenvalue weighted by Gasteiger charge is 2.23. The average Bonchev–Trinajstić information content (AvgIpc) is 2.52. The third kappa shape index (κ3) is 5.02. The lowest BCUT2D eigenvalue weighted by atomic mass is 10.2. The van der Waals surface area contributed by atoms with Crippen molar-refractivity contribution in [1.82, 2.24) is 0 Å². The van der Waals surface area contributed by atoms with Crippen LogP contribution >= 0.6 is 0 Å². The topological polar surface area (TPSA) is 38.8 Å². The summed E-state index contributed by atoms with van der Waals surface area (Å²) in [6.45, 7) is 6.03. The number of carbonyl (C=O) groups is 1. The second kappa shape index (κ2) is 7.18. The smallest absolute Gasteiger partial charge is 0.415 e. The Morgan fingerprint density at radius 1 is 1.00 bits per heavy atom. The van der Waals surface area contributed by atoms with Gasteiger partial charge in [-0.25, -0.2) is 4.79 Å². The van der Waals surface area contributed by atoms with Crippen LogP contribution in [0.5, 0.6) is 5.75 Å². The van der Waals surface area contributed by atoms with E-state index in [1.54, 1.807) is 12.0 Å². The number of rotatable bonds is 4. The Labute approximate surface area is 137 Å². The van der Waals surface area contributed by atoms with E-state index in [2.05, 4.69) is 0 Å². The fourth-order valence-corrected chi connectivity index (χ4v) is 2.11. The van der Waals surface area contributed by atoms with Gasteiger partial charge in [0.05, 0.1) is 13.7 Å². The Kier molecular flexibility index (Phi) is 5.27. The Bertz CT molecular complexity index is 630. The van der Waals surface area contributed by atoms with Gasteiger partial charge in [-0.05, 0) is 50.6 Å². The SMILES string of the molecule is COc1ccc(N(Cc2ccccc2)C(=O)OC(C)(C)C)cc1. The molecule has 2 aromatic carbocycles. The molecule has 0 heterocycles. The third-order valence-electron chi connectivity index (χ3n) is 3.18. The first kappa shape index (κ1) is 16.9. The number of benzene rings is 2. The van der Waals surface area contributed by atoms with E-state index in [4.69, 9.17) is 9.47 Å². The van der Waals surface area contributed by atoms with Crippen molar-refractivity contribution in [3.05, 3.63) is 60.2 Å². The molecule has 0 aliphatic carbocycles. The zero-order valence-corrected chi connectivity index (χ0v) is 14.1. The normalized spacial score (nSPS) is 11.0. The zero-order chi connectivity index (χ0) is 16.9. The van der Waals surface area contributed by atoms with Crippen LogP contribution in [0, 0.1) is 0 Å². The standard InChI is InChI=1S/C19H23NO3/c1-19(2,3)23-18(21)20(14-15-8-6-5-7-9-15)16-10-12-17(22-4)13-11-16/h5-13H,14H2,1-4H3. The molecule has 0 spiro atoms. The molecule has 0 aromatic heterocycles. The van der Waals surface area contributed by atoms with Gasteiger partial charge in [-0.1, -0.05) is 30.3 Å². The quantitative estimate of drug-likeness (QED) is 0.825. The van der Waals surface area contributed by atoms with E-state index in [1.807, 2.05) is 75.4 Å². The molecule has 0 unspecified atom stereocenters. The fourth-order valence-electron chi connectivity index (χ4n) is 2.11. The molecule has 0 aliphatic rings. The lowest BCUT2D eigenvalue weighted by molar-refractivity contribution is 0.0577. The number of amides is 1. The first-order chi connectivity index (χ1) is 10.9. The van der Waals surface area contributed by atoms with E-state index in [9.17, 15) is 4.79 Å². The molecular formula is C19H23NO3. The monoisotopic (exact) mass is 313 g/mol. The fraction of sp³-hybridized carbons (Fsp3) is 0.316. The first-order valence-corrected chi connectivity index (χ1v) is 7.57. The van der Waals surface area contributed by atoms with E-state index in [0.29, 0.717) is 6.54 Å². The number of ether oxygens (including phenoxy) is 2. The lowest BCUT2D eigenvalue weighted by Gasteiger charge is -2.27. The van der Waals surface area contributed by atoms with Gasteiger partial charge in [0.2, 0.25) is 0 Å². The molecule has 0 atom stereocenters. The van der Waals surface area contributed by atoms with Crippen molar-refractivity contribution in [2.24, 2.45) is 0 Å². The van der Waals surface area contributed by atoms with Gasteiger partial charge < -0.3 is 9.47 Å². The molecule has 0 radical (unpaired) electrons. The maximum absolute atomic E-state index is 12.6. The number of carbonyl (C=O) groups excluding carboxylic acids is 1. The summed E-state index contributed by atoms with van der Waals surface area (Å²) in [5, 5.41) is 0. The van der Waals surface area contributed by atoms with E-state index in [-0.39, 0.29) is 6.09 Å². The summed E-state index contributed by atoms with van der Waals surface area (Å²) in [6.07, 6.45) is -0.369. The van der Waals surface area contributed by atoms with Gasteiger partial charge in [-0.3, -0.25) is 4.90 Å². The highest BCUT2D eigenvalue weighted by Crippen LogP contribution is 2.23. The van der Waals surface area contributed by atoms with Gasteiger partial charge in [-0.15, -0.1) is 0 Å². The van der Waals surface area contributed by atoms with Gasteiger partial charge >= 0.3 is 6.09 Å². The molecule has 2 rings (SSSR count). The van der Waals surface area contributed by atoms with Gasteiger partial charge in [0, 0.05) is 5.69 Å². The van der Waals surface area contributed by atoms with Crippen LogP contribution in [0.25, 0.3) is 0 Å². The molecule has 4 nitrogen and oxygen atoms in total. The molecule has 0 saturated heterocycles. The van der Waals surface area contributed by atoms with Crippen LogP contribution in [-0.2, 0) is 11.3 Å². The van der Waals surface area contributed by atoms with Crippen molar-refractivity contribution in [2.75, 3.05) is 12.0 Å². The van der Waals surface area contributed by atoms with Crippen molar-refractivity contribution in [1.29, 1.82) is 0 Å². The second-order valence-electron chi connectivity index (χ2n) is 6.25. The van der Waals surface area contributed by atoms with E-state index < -0.39 is 5.60 Å². The number of nitrogens with zero attached hydrogens (tertiary/aromatic N) is 1. The maximum atomic E-state index is 12.6. The molecule has 0 saturated carbocycles. The summed E-state index contributed by atoms with van der Waals surface area (Å²) >= 11 is 0. The Morgan fingerprint density at radius 3 is 2.13 bits per heavy atom. The Hall–Kier alpha value is -2.49. The summed E-state index contributed by atoms with van der Waals surface area (Å²) in [5.74, 6) is 0.748. The first-order valence-electron chi connectivity index (χ1n) is 7.57. The van der Waals surface area contributed by atoms with Crippen molar-refractivity contribution in [3.63, 3.8) is 0 Å². The van der Waals surface area contributed by atoms with Gasteiger partial charge in [-0.2, -0.15) is 0 Å². The second-order valence-corrected chi connectivity index (χ2v) is 6.25. The van der Waals surface area contributed by atoms with Crippen molar-refractivity contribution in [2.45, 2.75) is 32.9 Å². The predicted molar refractivity (Wildman–Crippen MR) is 91.9 cm³/mol. The van der Waals surface area contributed by atoms with Crippen LogP contribution in [-0.4, -0.2) is 18.8 Å². The van der Waals surface area contributed by atoms with E-state index in [0.717, 1.165) is 17.0 Å². The Balaban J connectivity index is 2.27. The Morgan fingerprint density at radius 2 is 1.61 bits per heavy atom. The number of anilines is 1. The van der Waals surface area contributed by atoms with Crippen molar-refractivity contribution < 1.29 is 14.3 Å². The highest BCUT2D eigenvalue weighted by molar-refractivity contribution is 5.87. The molecule has 23 heavy (non-hydrogen) atoms. The average molecular weight is 313 g/mol. The van der Waals surface area contributed by atoms with Gasteiger partial charge in [0.15, 0.2) is 0 Å². The van der Waals surface area contributed by atoms with Crippen molar-refractivity contribution >= 4 is 11.8 Å². The van der Waals surface area contributed by atoms with Crippen LogP contribution in [0.1, 0.15) is 26.3 Å². The van der Waals surface area contributed by atoms with Crippen molar-refractivity contribution in [3.8, 4) is 5.75 Å². The van der Waals surface area contributed by atoms with Crippen LogP contribution < -0.4 is 9.64 Å². The van der Waals surface area contributed by atoms with Crippen LogP contribution in [0.4, 0.5) is 10.5 Å². The largest absolute Gasteiger partial charge is 0.497 e. The summed E-state index contributed by atoms with van der Waals surface area (Å²) in [6, 6.07) is 17.2. The summed E-state index contributed by atoms with van der Waals surface area (Å²) in [5.41, 5.74) is 1.26. The minimum Gasteiger partial charge on any atom is -0.497 e. The molecule has 122 valence electrons. The lowest BCUT2D eigenvalue weighted by Crippen LogP contribution is -2.36. The molecule has 1 amide bonds. The molecule has 2 aromatic rings. The van der Waals surface area contributed by atoms with Gasteiger partial charge in [0.25, 0.3) is 0 Å². The predicted octanol–water partition coefficient (Wildman–Crippen LogP) is 4.64. The third-order valence-corrected chi connectivity index (χ3v) is 3.18. The molecule has 4 heteroatoms. The van der Waals surface area contributed by atoms with E-state index in [1.165, 1.54) is 0 Å². The minimum atomic E-state index is -0.543. The van der Waals surface area contributed by atoms with Gasteiger partial charge in [0.1, 0.15) is 11.4 Å². The molecule has 0 bridgehead atoms. The van der Waals surface area contributed by atoms with Crippen LogP contribution in [0.3, 0.4) is 0 Å². The van der Waals surface area contributed by atoms with Crippen LogP contribution in [0.15, 0.2) is 54.6 Å². The summed E-state index contributed by atoms with van der Waals surface area (Å²) in [4.78, 5) is 14.2. The molecule has 0 fully saturated rings. The summed E-state index contributed by atoms with van der Waals surface area (Å²) < 4.78 is 10.7. The number of hydrogen-bond donors (Lipinski definition) is 0. The maximum Gasteiger partial charge on any atom is 0.415 e. The highest BCUT2D eigenvalue weighted by atomic mass is 16.6. The molecule has 0 aliphatic heterocycles. The van der Waals surface area contributed by atoms with Crippen LogP contribution in [0.2, 0.25) is 0 Å². The summed E-state index contributed by atoms with van der Waals surface area (Å²) in [7, 11) is 1.62. The minimum absolute atomic E-state index is 0.369. The number of methoxy groups -OCH3 is 1. The number of hydrogen-bond acceptors (Lipinski definition) is 3.